The molecule has 0 bridgehead atoms. The van der Waals surface area contributed by atoms with Crippen molar-refractivity contribution in [1.29, 1.82) is 0 Å². The normalized spacial score (nSPS) is 10.7. The minimum Gasteiger partial charge on any atom is -0.573 e. The zero-order chi connectivity index (χ0) is 92.9. The zero-order valence-electron chi connectivity index (χ0n) is 74.0. The molecule has 0 fully saturated rings. The SMILES string of the molecule is CC(=O)C=C(C)O.CC(C)(C)c1c[c-]n(-c2ccccn2)n1.CC(C)(C)c1c[c-]n(-c2ccccn2)n1.CC(C)(C)c1cc(-c2ccccn2)[n-]n1.CC(C)(C)c1n[c-]n(-c2ccccn2)n1.FC(F)(F)c1c[c-]n(-c2ccccn2)n1.FC(F)(F)c1c[c-]n(-c2ccccn2)n1.O=C(O)c1ccccn1.[Ir+3].[Ir].[Ir].[Ir].[Ir].[c-]1ccccc1-n1[c-]ccn1.[c-]1ccccc1-n1cccn1. The summed E-state index contributed by atoms with van der Waals surface area (Å²) in [5.74, 6) is 2.65. The first-order valence-electron chi connectivity index (χ1n) is 39.1. The number of halogens is 6. The van der Waals surface area contributed by atoms with Crippen molar-refractivity contribution in [3.05, 3.63) is 382 Å². The number of rotatable bonds is 10. The Morgan fingerprint density at radius 3 is 1.04 bits per heavy atom. The molecule has 0 unspecified atom stereocenters. The minimum atomic E-state index is -4.45. The number of hydrogen-bond acceptors (Lipinski definition) is 19. The summed E-state index contributed by atoms with van der Waals surface area (Å²) >= 11 is 0. The first kappa shape index (κ1) is 115. The Labute approximate surface area is 834 Å². The molecule has 0 amide bonds. The fourth-order valence-corrected chi connectivity index (χ4v) is 9.59. The largest absolute Gasteiger partial charge is 3.00 e. The number of aromatic carboxylic acids is 1. The van der Waals surface area contributed by atoms with Gasteiger partial charge in [-0.15, -0.1) is 36.4 Å². The van der Waals surface area contributed by atoms with E-state index < -0.39 is 29.7 Å². The summed E-state index contributed by atoms with van der Waals surface area (Å²) in [5.41, 5.74) is 4.86. The number of allylic oxidation sites excluding steroid dienone is 2. The van der Waals surface area contributed by atoms with Crippen molar-refractivity contribution in [3.8, 4) is 51.9 Å². The quantitative estimate of drug-likeness (QED) is 0.0556. The molecule has 0 atom stereocenters. The number of aliphatic hydroxyl groups is 1. The van der Waals surface area contributed by atoms with Crippen LogP contribution < -0.4 is 5.10 Å². The number of pyridine rings is 7. The number of carbonyl (C=O) groups is 2. The summed E-state index contributed by atoms with van der Waals surface area (Å²) in [7, 11) is 0. The number of benzene rings is 2. The molecule has 0 aliphatic heterocycles. The van der Waals surface area contributed by atoms with Crippen LogP contribution in [-0.4, -0.2) is 135 Å². The van der Waals surface area contributed by atoms with E-state index in [1.54, 1.807) is 115 Å². The predicted octanol–water partition coefficient (Wildman–Crippen LogP) is 18.0. The molecule has 28 nitrogen and oxygen atoms in total. The number of carboxylic acids is 1. The van der Waals surface area contributed by atoms with Crippen molar-refractivity contribution in [2.75, 3.05) is 0 Å². The molecule has 0 spiro atoms. The van der Waals surface area contributed by atoms with Gasteiger partial charge in [0.05, 0.1) is 52.1 Å². The molecule has 17 aromatic rings. The number of ketones is 1. The zero-order valence-corrected chi connectivity index (χ0v) is 86.0. The predicted molar refractivity (Wildman–Crippen MR) is 466 cm³/mol. The fraction of sp³-hybridized carbons (Fsp3) is 0.213. The average Bonchev–Trinajstić information content (AvgIpc) is 1.72. The van der Waals surface area contributed by atoms with Crippen LogP contribution in [0.25, 0.3) is 51.9 Å². The van der Waals surface area contributed by atoms with E-state index in [1.807, 2.05) is 152 Å². The van der Waals surface area contributed by atoms with Crippen LogP contribution in [0.5, 0.6) is 0 Å². The molecule has 133 heavy (non-hydrogen) atoms. The van der Waals surface area contributed by atoms with Crippen LogP contribution in [-0.2, 0) is 139 Å². The van der Waals surface area contributed by atoms with E-state index in [1.165, 1.54) is 44.6 Å². The number of nitrogens with zero attached hydrogens (tertiary/aromatic N) is 24. The first-order valence-corrected chi connectivity index (χ1v) is 39.1. The van der Waals surface area contributed by atoms with Gasteiger partial charge in [-0.05, 0) is 108 Å². The number of aromatic nitrogens is 24. The smallest absolute Gasteiger partial charge is 0.573 e. The van der Waals surface area contributed by atoms with Crippen LogP contribution in [0.4, 0.5) is 26.3 Å². The molecule has 4 radical (unpaired) electrons. The Balaban J connectivity index is 0.000000382. The molecule has 39 heteroatoms. The van der Waals surface area contributed by atoms with Gasteiger partial charge < -0.3 is 78.4 Å². The molecule has 2 N–H and O–H groups in total. The van der Waals surface area contributed by atoms with E-state index in [0.717, 1.165) is 84.6 Å². The van der Waals surface area contributed by atoms with E-state index in [-0.39, 0.29) is 139 Å². The Morgan fingerprint density at radius 1 is 0.383 bits per heavy atom. The van der Waals surface area contributed by atoms with Gasteiger partial charge in [-0.1, -0.05) is 205 Å². The van der Waals surface area contributed by atoms with Crippen LogP contribution in [0.1, 0.15) is 142 Å². The number of carbonyl (C=O) groups excluding carboxylic acids is 1. The van der Waals surface area contributed by atoms with Crippen molar-refractivity contribution >= 4 is 11.8 Å². The molecule has 0 saturated carbocycles. The van der Waals surface area contributed by atoms with Gasteiger partial charge in [0.15, 0.2) is 5.78 Å². The van der Waals surface area contributed by atoms with Gasteiger partial charge >= 0.3 is 38.4 Å². The third-order valence-corrected chi connectivity index (χ3v) is 16.0. The molecule has 15 heterocycles. The summed E-state index contributed by atoms with van der Waals surface area (Å²) < 4.78 is 83.5. The van der Waals surface area contributed by atoms with Crippen LogP contribution >= 0.6 is 0 Å². The standard InChI is InChI=1S/3C12H14N3.C11H13N4.2C9H5F3N3.C9H7N2.C9H6N2.C6H5NO2.C5H8O2.5Ir/c2*1-12(2,3)10-7-9-15(14-10)11-6-4-5-8-13-11;1-12(2,3)11-8-10(14-15-11)9-6-4-5-7-13-9;1-11(2,3)10-13-8-15(14-10)9-6-4-5-7-12-9;2*10-9(11,12)7-4-6-15(14-7)8-3-1-2-5-13-8;2*1-2-5-9(6-3-1)11-8-4-7-10-11;8-6(9)5-3-1-2-4-7-5;1-4(6)3-5(2)7;;;;;/h3*4-8H,1-3H3;4-7H,1-3H3;2*1-5H;1-5,7-8H;1-5,7H;1-4H,(H,8,9);3,6H,1-2H3;;;;;/q7*-1;-2;;;;;;;+3. The Morgan fingerprint density at radius 2 is 0.767 bits per heavy atom. The molecule has 704 valence electrons. The third kappa shape index (κ3) is 39.9. The molecular weight excluding hydrogens is 2600 g/mol. The molecule has 17 rings (SSSR count). The fourth-order valence-electron chi connectivity index (χ4n) is 9.59. The molecular formula is C94H91F6Ir5N24O4-6. The van der Waals surface area contributed by atoms with Gasteiger partial charge in [0.25, 0.3) is 0 Å². The van der Waals surface area contributed by atoms with Crippen molar-refractivity contribution in [2.24, 2.45) is 0 Å². The van der Waals surface area contributed by atoms with Gasteiger partial charge in [-0.3, -0.25) is 40.0 Å². The second kappa shape index (κ2) is 55.8. The monoisotopic (exact) mass is 2700 g/mol. The summed E-state index contributed by atoms with van der Waals surface area (Å²) in [4.78, 5) is 52.4. The second-order valence-electron chi connectivity index (χ2n) is 30.7. The Bertz CT molecular complexity index is 5310. The number of aliphatic hydroxyl groups excluding tert-OH is 1. The minimum absolute atomic E-state index is 0. The van der Waals surface area contributed by atoms with E-state index in [0.29, 0.717) is 11.6 Å². The summed E-state index contributed by atoms with van der Waals surface area (Å²) in [6.07, 6.45) is 25.6. The average molecular weight is 2700 g/mol. The first-order chi connectivity index (χ1) is 60.8. The van der Waals surface area contributed by atoms with Gasteiger partial charge in [0.2, 0.25) is 0 Å². The summed E-state index contributed by atoms with van der Waals surface area (Å²) in [5, 5.41) is 53.0. The van der Waals surface area contributed by atoms with Crippen molar-refractivity contribution in [2.45, 2.75) is 131 Å². The maximum atomic E-state index is 12.2. The number of alkyl halides is 6. The van der Waals surface area contributed by atoms with Crippen LogP contribution in [0, 0.1) is 49.4 Å². The van der Waals surface area contributed by atoms with Gasteiger partial charge in [0, 0.05) is 165 Å². The maximum absolute atomic E-state index is 12.2. The van der Waals surface area contributed by atoms with Crippen molar-refractivity contribution in [3.63, 3.8) is 0 Å². The number of carboxylic acid groups (broad SMARTS) is 1. The Kier molecular flexibility index (Phi) is 48.2. The maximum Gasteiger partial charge on any atom is 3.00 e. The van der Waals surface area contributed by atoms with E-state index in [9.17, 15) is 35.9 Å². The van der Waals surface area contributed by atoms with E-state index >= 15 is 0 Å². The van der Waals surface area contributed by atoms with Gasteiger partial charge in [-0.2, -0.15) is 79.6 Å². The summed E-state index contributed by atoms with van der Waals surface area (Å²) in [6, 6.07) is 70.0. The van der Waals surface area contributed by atoms with Gasteiger partial charge in [-0.25, -0.2) is 27.0 Å². The molecule has 0 aliphatic carbocycles. The number of para-hydroxylation sites is 2. The third-order valence-electron chi connectivity index (χ3n) is 16.0. The molecule has 0 aliphatic rings. The van der Waals surface area contributed by atoms with E-state index in [2.05, 4.69) is 218 Å². The van der Waals surface area contributed by atoms with E-state index in [4.69, 9.17) is 10.2 Å². The van der Waals surface area contributed by atoms with Gasteiger partial charge in [0.1, 0.15) is 5.69 Å². The molecule has 0 saturated heterocycles. The van der Waals surface area contributed by atoms with Crippen LogP contribution in [0.15, 0.2) is 292 Å². The molecule has 2 aromatic carbocycles. The van der Waals surface area contributed by atoms with Crippen molar-refractivity contribution in [1.82, 2.24) is 119 Å². The van der Waals surface area contributed by atoms with Crippen LogP contribution in [0.2, 0.25) is 0 Å². The topological polar surface area (TPSA) is 329 Å². The molecule has 15 aromatic heterocycles. The second-order valence-corrected chi connectivity index (χ2v) is 30.7. The Hall–Kier alpha value is -12.4. The summed E-state index contributed by atoms with van der Waals surface area (Å²) in [6.45, 7) is 28.2. The van der Waals surface area contributed by atoms with Crippen molar-refractivity contribution < 1.29 is 147 Å². The number of hydrogen-bond donors (Lipinski definition) is 2. The van der Waals surface area contributed by atoms with Crippen LogP contribution in [0.3, 0.4) is 0 Å².